The molecule has 1 aliphatic heterocycles. The summed E-state index contributed by atoms with van der Waals surface area (Å²) >= 11 is 0. The first-order valence-electron chi connectivity index (χ1n) is 8.61. The SMILES string of the molecule is CC(C)[C@H](N)C(=O)NCC(=O)Nc1ccc(C(=O)N2CCCC2)cc1. The van der Waals surface area contributed by atoms with Crippen LogP contribution in [0, 0.1) is 5.92 Å². The number of nitrogens with one attached hydrogen (secondary N) is 2. The molecule has 0 aromatic heterocycles. The quantitative estimate of drug-likeness (QED) is 0.713. The highest BCUT2D eigenvalue weighted by molar-refractivity contribution is 5.97. The fourth-order valence-corrected chi connectivity index (χ4v) is 2.59. The lowest BCUT2D eigenvalue weighted by molar-refractivity contribution is -0.125. The Morgan fingerprint density at radius 2 is 1.72 bits per heavy atom. The average Bonchev–Trinajstić information content (AvgIpc) is 3.13. The fourth-order valence-electron chi connectivity index (χ4n) is 2.59. The van der Waals surface area contributed by atoms with E-state index in [1.807, 2.05) is 18.7 Å². The van der Waals surface area contributed by atoms with Gasteiger partial charge in [0.1, 0.15) is 0 Å². The molecule has 1 heterocycles. The molecule has 0 unspecified atom stereocenters. The van der Waals surface area contributed by atoms with Gasteiger partial charge in [-0.1, -0.05) is 13.8 Å². The van der Waals surface area contributed by atoms with Gasteiger partial charge < -0.3 is 21.3 Å². The summed E-state index contributed by atoms with van der Waals surface area (Å²) in [6.07, 6.45) is 2.10. The Hall–Kier alpha value is -2.41. The maximum atomic E-state index is 12.3. The molecule has 7 heteroatoms. The molecule has 0 bridgehead atoms. The molecule has 2 rings (SSSR count). The zero-order chi connectivity index (χ0) is 18.4. The Bertz CT molecular complexity index is 622. The molecule has 3 amide bonds. The van der Waals surface area contributed by atoms with Gasteiger partial charge >= 0.3 is 0 Å². The standard InChI is InChI=1S/C18H26N4O3/c1-12(2)16(19)17(24)20-11-15(23)21-14-7-5-13(6-8-14)18(25)22-9-3-4-10-22/h5-8,12,16H,3-4,9-11,19H2,1-2H3,(H,20,24)(H,21,23)/t16-/m0/s1. The summed E-state index contributed by atoms with van der Waals surface area (Å²) in [5, 5.41) is 5.20. The summed E-state index contributed by atoms with van der Waals surface area (Å²) in [5.41, 5.74) is 6.90. The Morgan fingerprint density at radius 1 is 1.12 bits per heavy atom. The van der Waals surface area contributed by atoms with E-state index in [0.29, 0.717) is 11.3 Å². The van der Waals surface area contributed by atoms with Crippen LogP contribution in [-0.4, -0.2) is 48.3 Å². The van der Waals surface area contributed by atoms with E-state index in [2.05, 4.69) is 10.6 Å². The van der Waals surface area contributed by atoms with Crippen molar-refractivity contribution in [1.82, 2.24) is 10.2 Å². The fraction of sp³-hybridized carbons (Fsp3) is 0.500. The second kappa shape index (κ2) is 8.62. The van der Waals surface area contributed by atoms with Gasteiger partial charge in [0, 0.05) is 24.3 Å². The number of amides is 3. The monoisotopic (exact) mass is 346 g/mol. The first-order chi connectivity index (χ1) is 11.9. The van der Waals surface area contributed by atoms with Gasteiger partial charge in [0.15, 0.2) is 0 Å². The highest BCUT2D eigenvalue weighted by atomic mass is 16.2. The number of rotatable bonds is 6. The van der Waals surface area contributed by atoms with Crippen LogP contribution in [0.4, 0.5) is 5.69 Å². The third kappa shape index (κ3) is 5.29. The van der Waals surface area contributed by atoms with Crippen molar-refractivity contribution in [3.05, 3.63) is 29.8 Å². The Kier molecular flexibility index (Phi) is 6.52. The summed E-state index contributed by atoms with van der Waals surface area (Å²) in [7, 11) is 0. The van der Waals surface area contributed by atoms with Gasteiger partial charge in [0.05, 0.1) is 12.6 Å². The highest BCUT2D eigenvalue weighted by Gasteiger charge is 2.20. The first-order valence-corrected chi connectivity index (χ1v) is 8.61. The zero-order valence-electron chi connectivity index (χ0n) is 14.7. The smallest absolute Gasteiger partial charge is 0.253 e. The minimum absolute atomic E-state index is 0.00347. The lowest BCUT2D eigenvalue weighted by atomic mass is 10.1. The van der Waals surface area contributed by atoms with Crippen LogP contribution < -0.4 is 16.4 Å². The second-order valence-electron chi connectivity index (χ2n) is 6.61. The lowest BCUT2D eigenvalue weighted by Crippen LogP contribution is -2.46. The van der Waals surface area contributed by atoms with Crippen LogP contribution in [0.15, 0.2) is 24.3 Å². The summed E-state index contributed by atoms with van der Waals surface area (Å²) in [5.74, 6) is -0.673. The molecule has 4 N–H and O–H groups in total. The van der Waals surface area contributed by atoms with E-state index in [-0.39, 0.29) is 30.2 Å². The molecule has 1 aromatic rings. The van der Waals surface area contributed by atoms with Gasteiger partial charge in [-0.2, -0.15) is 0 Å². The predicted octanol–water partition coefficient (Wildman–Crippen LogP) is 0.961. The summed E-state index contributed by atoms with van der Waals surface area (Å²) in [6, 6.07) is 6.13. The lowest BCUT2D eigenvalue weighted by Gasteiger charge is -2.16. The number of carbonyl (C=O) groups is 3. The number of hydrogen-bond donors (Lipinski definition) is 3. The number of anilines is 1. The van der Waals surface area contributed by atoms with Crippen LogP contribution >= 0.6 is 0 Å². The molecule has 0 aliphatic carbocycles. The molecule has 25 heavy (non-hydrogen) atoms. The van der Waals surface area contributed by atoms with Gasteiger partial charge in [0.2, 0.25) is 11.8 Å². The zero-order valence-corrected chi connectivity index (χ0v) is 14.7. The van der Waals surface area contributed by atoms with E-state index in [1.54, 1.807) is 24.3 Å². The van der Waals surface area contributed by atoms with Crippen LogP contribution in [0.5, 0.6) is 0 Å². The van der Waals surface area contributed by atoms with Crippen molar-refractivity contribution >= 4 is 23.4 Å². The number of benzene rings is 1. The third-order valence-electron chi connectivity index (χ3n) is 4.25. The van der Waals surface area contributed by atoms with Gasteiger partial charge in [-0.05, 0) is 43.0 Å². The van der Waals surface area contributed by atoms with Gasteiger partial charge in [-0.15, -0.1) is 0 Å². The van der Waals surface area contributed by atoms with Crippen molar-refractivity contribution in [2.45, 2.75) is 32.7 Å². The van der Waals surface area contributed by atoms with Crippen molar-refractivity contribution < 1.29 is 14.4 Å². The molecule has 7 nitrogen and oxygen atoms in total. The van der Waals surface area contributed by atoms with Crippen molar-refractivity contribution in [2.24, 2.45) is 11.7 Å². The van der Waals surface area contributed by atoms with E-state index in [9.17, 15) is 14.4 Å². The molecule has 0 radical (unpaired) electrons. The molecule has 1 aromatic carbocycles. The summed E-state index contributed by atoms with van der Waals surface area (Å²) in [6.45, 7) is 5.14. The largest absolute Gasteiger partial charge is 0.346 e. The minimum Gasteiger partial charge on any atom is -0.346 e. The molecule has 0 saturated carbocycles. The number of nitrogens with zero attached hydrogens (tertiary/aromatic N) is 1. The minimum atomic E-state index is -0.635. The summed E-state index contributed by atoms with van der Waals surface area (Å²) < 4.78 is 0. The Morgan fingerprint density at radius 3 is 2.28 bits per heavy atom. The highest BCUT2D eigenvalue weighted by Crippen LogP contribution is 2.15. The molecular formula is C18H26N4O3. The van der Waals surface area contributed by atoms with E-state index in [4.69, 9.17) is 5.73 Å². The normalized spacial score (nSPS) is 15.1. The number of nitrogens with two attached hydrogens (primary N) is 1. The third-order valence-corrected chi connectivity index (χ3v) is 4.25. The van der Waals surface area contributed by atoms with Crippen LogP contribution in [-0.2, 0) is 9.59 Å². The summed E-state index contributed by atoms with van der Waals surface area (Å²) in [4.78, 5) is 37.7. The first kappa shape index (κ1) is 18.9. The molecule has 136 valence electrons. The topological polar surface area (TPSA) is 105 Å². The maximum absolute atomic E-state index is 12.3. The predicted molar refractivity (Wildman–Crippen MR) is 96.0 cm³/mol. The number of likely N-dealkylation sites (tertiary alicyclic amines) is 1. The van der Waals surface area contributed by atoms with Crippen molar-refractivity contribution in [3.63, 3.8) is 0 Å². The van der Waals surface area contributed by atoms with Crippen LogP contribution in [0.25, 0.3) is 0 Å². The van der Waals surface area contributed by atoms with E-state index in [1.165, 1.54) is 0 Å². The van der Waals surface area contributed by atoms with Crippen LogP contribution in [0.2, 0.25) is 0 Å². The molecule has 1 fully saturated rings. The Balaban J connectivity index is 1.83. The second-order valence-corrected chi connectivity index (χ2v) is 6.61. The molecule has 1 aliphatic rings. The molecule has 0 spiro atoms. The van der Waals surface area contributed by atoms with Crippen LogP contribution in [0.3, 0.4) is 0 Å². The Labute approximate surface area is 147 Å². The number of carbonyl (C=O) groups excluding carboxylic acids is 3. The van der Waals surface area contributed by atoms with E-state index < -0.39 is 6.04 Å². The van der Waals surface area contributed by atoms with Crippen LogP contribution in [0.1, 0.15) is 37.0 Å². The van der Waals surface area contributed by atoms with Gasteiger partial charge in [-0.25, -0.2) is 0 Å². The maximum Gasteiger partial charge on any atom is 0.253 e. The van der Waals surface area contributed by atoms with Crippen molar-refractivity contribution in [1.29, 1.82) is 0 Å². The van der Waals surface area contributed by atoms with Gasteiger partial charge in [0.25, 0.3) is 5.91 Å². The van der Waals surface area contributed by atoms with E-state index >= 15 is 0 Å². The van der Waals surface area contributed by atoms with Crippen molar-refractivity contribution in [3.8, 4) is 0 Å². The molecular weight excluding hydrogens is 320 g/mol. The average molecular weight is 346 g/mol. The van der Waals surface area contributed by atoms with Crippen molar-refractivity contribution in [2.75, 3.05) is 25.0 Å². The molecule has 1 atom stereocenters. The number of hydrogen-bond acceptors (Lipinski definition) is 4. The molecule has 1 saturated heterocycles. The van der Waals surface area contributed by atoms with E-state index in [0.717, 1.165) is 25.9 Å². The van der Waals surface area contributed by atoms with Gasteiger partial charge in [-0.3, -0.25) is 14.4 Å².